The number of hydrogen-bond acceptors (Lipinski definition) is 3. The number of piperidine rings is 1. The van der Waals surface area contributed by atoms with E-state index in [9.17, 15) is 4.79 Å². The van der Waals surface area contributed by atoms with Gasteiger partial charge in [0.15, 0.2) is 0 Å². The SMILES string of the molecule is Cc1cc(NC(=O)C2(C)CCCCN2)n(C)n1. The maximum atomic E-state index is 12.2. The molecule has 1 unspecified atom stereocenters. The van der Waals surface area contributed by atoms with Gasteiger partial charge >= 0.3 is 0 Å². The summed E-state index contributed by atoms with van der Waals surface area (Å²) in [6, 6.07) is 1.88. The van der Waals surface area contributed by atoms with E-state index >= 15 is 0 Å². The Balaban J connectivity index is 2.08. The van der Waals surface area contributed by atoms with Gasteiger partial charge in [-0.1, -0.05) is 0 Å². The molecule has 0 radical (unpaired) electrons. The molecule has 17 heavy (non-hydrogen) atoms. The minimum Gasteiger partial charge on any atom is -0.309 e. The van der Waals surface area contributed by atoms with Crippen LogP contribution < -0.4 is 10.6 Å². The standard InChI is InChI=1S/C12H20N4O/c1-9-8-10(16(3)15-9)14-11(17)12(2)6-4-5-7-13-12/h8,13H,4-7H2,1-3H3,(H,14,17). The normalized spacial score (nSPS) is 24.6. The monoisotopic (exact) mass is 236 g/mol. The van der Waals surface area contributed by atoms with Gasteiger partial charge in [-0.2, -0.15) is 5.10 Å². The number of hydrogen-bond donors (Lipinski definition) is 2. The third-order valence-corrected chi connectivity index (χ3v) is 3.36. The van der Waals surface area contributed by atoms with Gasteiger partial charge in [-0.3, -0.25) is 9.48 Å². The maximum Gasteiger partial charge on any atom is 0.245 e. The fourth-order valence-corrected chi connectivity index (χ4v) is 2.23. The van der Waals surface area contributed by atoms with Crippen LogP contribution in [0, 0.1) is 6.92 Å². The molecule has 0 spiro atoms. The van der Waals surface area contributed by atoms with Crippen molar-refractivity contribution in [2.24, 2.45) is 7.05 Å². The van der Waals surface area contributed by atoms with E-state index in [1.807, 2.05) is 27.0 Å². The Kier molecular flexibility index (Phi) is 3.19. The van der Waals surface area contributed by atoms with Crippen molar-refractivity contribution in [1.82, 2.24) is 15.1 Å². The predicted octanol–water partition coefficient (Wildman–Crippen LogP) is 1.20. The average molecular weight is 236 g/mol. The van der Waals surface area contributed by atoms with Crippen molar-refractivity contribution in [3.8, 4) is 0 Å². The summed E-state index contributed by atoms with van der Waals surface area (Å²) in [4.78, 5) is 12.2. The second-order valence-corrected chi connectivity index (χ2v) is 4.96. The van der Waals surface area contributed by atoms with E-state index in [0.717, 1.165) is 37.3 Å². The molecule has 1 aromatic heterocycles. The van der Waals surface area contributed by atoms with E-state index in [0.29, 0.717) is 0 Å². The quantitative estimate of drug-likeness (QED) is 0.811. The Hall–Kier alpha value is -1.36. The molecule has 1 saturated heterocycles. The van der Waals surface area contributed by atoms with Crippen LogP contribution in [0.15, 0.2) is 6.07 Å². The first kappa shape index (κ1) is 12.1. The van der Waals surface area contributed by atoms with Gasteiger partial charge in [0.1, 0.15) is 5.82 Å². The number of nitrogens with zero attached hydrogens (tertiary/aromatic N) is 2. The zero-order valence-corrected chi connectivity index (χ0v) is 10.7. The van der Waals surface area contributed by atoms with E-state index in [4.69, 9.17) is 0 Å². The van der Waals surface area contributed by atoms with Crippen LogP contribution in [0.1, 0.15) is 31.9 Å². The zero-order valence-electron chi connectivity index (χ0n) is 10.7. The summed E-state index contributed by atoms with van der Waals surface area (Å²) in [5, 5.41) is 10.5. The number of anilines is 1. The van der Waals surface area contributed by atoms with Gasteiger partial charge in [0.05, 0.1) is 11.2 Å². The first-order chi connectivity index (χ1) is 8.01. The number of aryl methyl sites for hydroxylation is 2. The molecule has 94 valence electrons. The molecule has 2 rings (SSSR count). The van der Waals surface area contributed by atoms with Crippen molar-refractivity contribution in [3.05, 3.63) is 11.8 Å². The second-order valence-electron chi connectivity index (χ2n) is 4.96. The molecule has 1 aliphatic heterocycles. The summed E-state index contributed by atoms with van der Waals surface area (Å²) < 4.78 is 1.69. The molecule has 5 heteroatoms. The number of carbonyl (C=O) groups excluding carboxylic acids is 1. The van der Waals surface area contributed by atoms with Crippen molar-refractivity contribution in [3.63, 3.8) is 0 Å². The van der Waals surface area contributed by atoms with Gasteiger partial charge in [0.2, 0.25) is 5.91 Å². The molecule has 1 fully saturated rings. The van der Waals surface area contributed by atoms with Crippen LogP contribution in [0.2, 0.25) is 0 Å². The number of amides is 1. The molecule has 0 saturated carbocycles. The van der Waals surface area contributed by atoms with Crippen LogP contribution in [0.5, 0.6) is 0 Å². The van der Waals surface area contributed by atoms with E-state index in [1.54, 1.807) is 4.68 Å². The number of rotatable bonds is 2. The van der Waals surface area contributed by atoms with E-state index in [2.05, 4.69) is 15.7 Å². The highest BCUT2D eigenvalue weighted by atomic mass is 16.2. The van der Waals surface area contributed by atoms with Crippen molar-refractivity contribution >= 4 is 11.7 Å². The number of carbonyl (C=O) groups is 1. The van der Waals surface area contributed by atoms with Crippen LogP contribution in [-0.2, 0) is 11.8 Å². The highest BCUT2D eigenvalue weighted by molar-refractivity contribution is 5.97. The maximum absolute atomic E-state index is 12.2. The molecular formula is C12H20N4O. The molecular weight excluding hydrogens is 216 g/mol. The lowest BCUT2D eigenvalue weighted by molar-refractivity contribution is -0.122. The third-order valence-electron chi connectivity index (χ3n) is 3.36. The van der Waals surface area contributed by atoms with Crippen LogP contribution in [0.3, 0.4) is 0 Å². The van der Waals surface area contributed by atoms with Gasteiger partial charge < -0.3 is 10.6 Å². The molecule has 0 aromatic carbocycles. The first-order valence-corrected chi connectivity index (χ1v) is 6.08. The summed E-state index contributed by atoms with van der Waals surface area (Å²) in [5.41, 5.74) is 0.459. The minimum absolute atomic E-state index is 0.0280. The minimum atomic E-state index is -0.448. The zero-order chi connectivity index (χ0) is 12.5. The molecule has 0 bridgehead atoms. The Morgan fingerprint density at radius 3 is 2.88 bits per heavy atom. The summed E-state index contributed by atoms with van der Waals surface area (Å²) in [6.45, 7) is 4.79. The third kappa shape index (κ3) is 2.49. The van der Waals surface area contributed by atoms with E-state index in [1.165, 1.54) is 0 Å². The van der Waals surface area contributed by atoms with Gasteiger partial charge in [-0.05, 0) is 39.7 Å². The lowest BCUT2D eigenvalue weighted by Crippen LogP contribution is -2.54. The van der Waals surface area contributed by atoms with Crippen molar-refractivity contribution in [2.75, 3.05) is 11.9 Å². The number of nitrogens with one attached hydrogen (secondary N) is 2. The Morgan fingerprint density at radius 1 is 1.59 bits per heavy atom. The van der Waals surface area contributed by atoms with Crippen molar-refractivity contribution < 1.29 is 4.79 Å². The molecule has 1 aromatic rings. The molecule has 2 N–H and O–H groups in total. The van der Waals surface area contributed by atoms with E-state index in [-0.39, 0.29) is 5.91 Å². The molecule has 1 aliphatic rings. The van der Waals surface area contributed by atoms with Crippen LogP contribution in [0.4, 0.5) is 5.82 Å². The highest BCUT2D eigenvalue weighted by Crippen LogP contribution is 2.21. The van der Waals surface area contributed by atoms with Crippen LogP contribution >= 0.6 is 0 Å². The highest BCUT2D eigenvalue weighted by Gasteiger charge is 2.34. The summed E-state index contributed by atoms with van der Waals surface area (Å²) in [6.07, 6.45) is 3.13. The van der Waals surface area contributed by atoms with Gasteiger partial charge in [-0.25, -0.2) is 0 Å². The molecule has 1 amide bonds. The average Bonchev–Trinajstić information content (AvgIpc) is 2.58. The predicted molar refractivity (Wildman–Crippen MR) is 66.8 cm³/mol. The van der Waals surface area contributed by atoms with Crippen molar-refractivity contribution in [2.45, 2.75) is 38.6 Å². The van der Waals surface area contributed by atoms with Crippen LogP contribution in [0.25, 0.3) is 0 Å². The largest absolute Gasteiger partial charge is 0.309 e. The van der Waals surface area contributed by atoms with Crippen LogP contribution in [-0.4, -0.2) is 27.8 Å². The number of aromatic nitrogens is 2. The topological polar surface area (TPSA) is 59.0 Å². The lowest BCUT2D eigenvalue weighted by Gasteiger charge is -2.33. The van der Waals surface area contributed by atoms with E-state index < -0.39 is 5.54 Å². The summed E-state index contributed by atoms with van der Waals surface area (Å²) >= 11 is 0. The second kappa shape index (κ2) is 4.49. The smallest absolute Gasteiger partial charge is 0.245 e. The Bertz CT molecular complexity index is 418. The summed E-state index contributed by atoms with van der Waals surface area (Å²) in [5.74, 6) is 0.779. The van der Waals surface area contributed by atoms with Gasteiger partial charge in [-0.15, -0.1) is 0 Å². The Morgan fingerprint density at radius 2 is 2.35 bits per heavy atom. The summed E-state index contributed by atoms with van der Waals surface area (Å²) in [7, 11) is 1.83. The lowest BCUT2D eigenvalue weighted by atomic mass is 9.90. The molecule has 2 heterocycles. The Labute approximate surface area is 102 Å². The fourth-order valence-electron chi connectivity index (χ4n) is 2.23. The van der Waals surface area contributed by atoms with Gasteiger partial charge in [0, 0.05) is 13.1 Å². The van der Waals surface area contributed by atoms with Gasteiger partial charge in [0.25, 0.3) is 0 Å². The fraction of sp³-hybridized carbons (Fsp3) is 0.667. The van der Waals surface area contributed by atoms with Crippen molar-refractivity contribution in [1.29, 1.82) is 0 Å². The first-order valence-electron chi connectivity index (χ1n) is 6.08. The molecule has 5 nitrogen and oxygen atoms in total. The molecule has 0 aliphatic carbocycles. The molecule has 1 atom stereocenters.